The lowest BCUT2D eigenvalue weighted by atomic mass is 10.3. The van der Waals surface area contributed by atoms with Crippen LogP contribution in [0.4, 0.5) is 5.69 Å². The van der Waals surface area contributed by atoms with E-state index >= 15 is 0 Å². The molecule has 7 nitrogen and oxygen atoms in total. The second kappa shape index (κ2) is 6.29. The van der Waals surface area contributed by atoms with Crippen molar-refractivity contribution in [3.63, 3.8) is 0 Å². The molecule has 118 valence electrons. The Morgan fingerprint density at radius 1 is 1.27 bits per heavy atom. The highest BCUT2D eigenvalue weighted by molar-refractivity contribution is 7.89. The summed E-state index contributed by atoms with van der Waals surface area (Å²) in [5.74, 6) is -0.353. The number of hydrogen-bond acceptors (Lipinski definition) is 4. The number of amides is 1. The van der Waals surface area contributed by atoms with Crippen LogP contribution in [0.5, 0.6) is 0 Å². The molecule has 0 unspecified atom stereocenters. The fourth-order valence-corrected chi connectivity index (χ4v) is 3.42. The standard InChI is InChI=1S/C14H18N4O3S/c1-10-14(11(2)17-16-10)22(20,21)15-9-13(19)18(3)12-7-5-4-6-8-12/h4-8,15H,9H2,1-3H3,(H,16,17). The maximum atomic E-state index is 12.3. The Morgan fingerprint density at radius 3 is 2.45 bits per heavy atom. The van der Waals surface area contributed by atoms with Crippen LogP contribution in [0.2, 0.25) is 0 Å². The first-order valence-electron chi connectivity index (χ1n) is 6.66. The van der Waals surface area contributed by atoms with Gasteiger partial charge in [0.2, 0.25) is 15.9 Å². The van der Waals surface area contributed by atoms with Crippen molar-refractivity contribution >= 4 is 21.6 Å². The number of aromatic amines is 1. The molecule has 0 aliphatic carbocycles. The molecule has 0 radical (unpaired) electrons. The van der Waals surface area contributed by atoms with E-state index in [4.69, 9.17) is 0 Å². The van der Waals surface area contributed by atoms with Crippen LogP contribution in [0.15, 0.2) is 35.2 Å². The summed E-state index contributed by atoms with van der Waals surface area (Å²) in [5, 5.41) is 6.47. The molecule has 0 aliphatic rings. The number of carbonyl (C=O) groups is 1. The van der Waals surface area contributed by atoms with Crippen molar-refractivity contribution < 1.29 is 13.2 Å². The molecule has 0 saturated heterocycles. The van der Waals surface area contributed by atoms with Gasteiger partial charge in [-0.2, -0.15) is 5.10 Å². The van der Waals surface area contributed by atoms with Crippen molar-refractivity contribution in [3.8, 4) is 0 Å². The Balaban J connectivity index is 2.08. The average molecular weight is 322 g/mol. The lowest BCUT2D eigenvalue weighted by Gasteiger charge is -2.17. The van der Waals surface area contributed by atoms with E-state index in [-0.39, 0.29) is 17.3 Å². The molecule has 0 fully saturated rings. The smallest absolute Gasteiger partial charge is 0.244 e. The number of likely N-dealkylation sites (N-methyl/N-ethyl adjacent to an activating group) is 1. The van der Waals surface area contributed by atoms with E-state index in [0.29, 0.717) is 17.1 Å². The van der Waals surface area contributed by atoms with Crippen molar-refractivity contribution in [2.24, 2.45) is 0 Å². The normalized spacial score (nSPS) is 11.4. The third-order valence-electron chi connectivity index (χ3n) is 3.26. The lowest BCUT2D eigenvalue weighted by molar-refractivity contribution is -0.117. The molecule has 0 bridgehead atoms. The highest BCUT2D eigenvalue weighted by atomic mass is 32.2. The molecule has 22 heavy (non-hydrogen) atoms. The first kappa shape index (κ1) is 16.2. The van der Waals surface area contributed by atoms with Crippen LogP contribution in [0, 0.1) is 13.8 Å². The number of benzene rings is 1. The summed E-state index contributed by atoms with van der Waals surface area (Å²) in [6.07, 6.45) is 0. The number of para-hydroxylation sites is 1. The first-order valence-corrected chi connectivity index (χ1v) is 8.14. The SMILES string of the molecule is Cc1n[nH]c(C)c1S(=O)(=O)NCC(=O)N(C)c1ccccc1. The van der Waals surface area contributed by atoms with E-state index in [1.54, 1.807) is 33.0 Å². The molecule has 1 heterocycles. The van der Waals surface area contributed by atoms with Gasteiger partial charge in [0.25, 0.3) is 0 Å². The van der Waals surface area contributed by atoms with Gasteiger partial charge in [0, 0.05) is 12.7 Å². The van der Waals surface area contributed by atoms with Crippen LogP contribution < -0.4 is 9.62 Å². The van der Waals surface area contributed by atoms with Gasteiger partial charge in [-0.05, 0) is 26.0 Å². The van der Waals surface area contributed by atoms with Crippen molar-refractivity contribution in [3.05, 3.63) is 41.7 Å². The molecule has 1 aromatic carbocycles. The van der Waals surface area contributed by atoms with Crippen molar-refractivity contribution in [1.82, 2.24) is 14.9 Å². The zero-order chi connectivity index (χ0) is 16.3. The summed E-state index contributed by atoms with van der Waals surface area (Å²) >= 11 is 0. The number of rotatable bonds is 5. The number of carbonyl (C=O) groups excluding carboxylic acids is 1. The average Bonchev–Trinajstić information content (AvgIpc) is 2.84. The minimum absolute atomic E-state index is 0.0858. The monoisotopic (exact) mass is 322 g/mol. The number of aryl methyl sites for hydroxylation is 2. The highest BCUT2D eigenvalue weighted by Crippen LogP contribution is 2.16. The number of nitrogens with zero attached hydrogens (tertiary/aromatic N) is 2. The first-order chi connectivity index (χ1) is 10.3. The molecule has 2 aromatic rings. The van der Waals surface area contributed by atoms with Gasteiger partial charge in [-0.25, -0.2) is 13.1 Å². The van der Waals surface area contributed by atoms with Crippen LogP contribution in [0.3, 0.4) is 0 Å². The molecule has 0 aliphatic heterocycles. The number of aromatic nitrogens is 2. The van der Waals surface area contributed by atoms with Crippen LogP contribution in [-0.2, 0) is 14.8 Å². The van der Waals surface area contributed by atoms with E-state index in [0.717, 1.165) is 0 Å². The predicted molar refractivity (Wildman–Crippen MR) is 83.1 cm³/mol. The van der Waals surface area contributed by atoms with Gasteiger partial charge in [0.15, 0.2) is 0 Å². The molecular formula is C14H18N4O3S. The molecule has 1 amide bonds. The maximum absolute atomic E-state index is 12.3. The van der Waals surface area contributed by atoms with E-state index in [1.807, 2.05) is 18.2 Å². The number of anilines is 1. The van der Waals surface area contributed by atoms with E-state index in [9.17, 15) is 13.2 Å². The van der Waals surface area contributed by atoms with Crippen LogP contribution in [-0.4, -0.2) is 38.1 Å². The Hall–Kier alpha value is -2.19. The number of sulfonamides is 1. The topological polar surface area (TPSA) is 95.2 Å². The van der Waals surface area contributed by atoms with Gasteiger partial charge in [0.1, 0.15) is 4.90 Å². The Bertz CT molecular complexity index is 749. The second-order valence-corrected chi connectivity index (χ2v) is 6.58. The third kappa shape index (κ3) is 3.34. The number of nitrogens with one attached hydrogen (secondary N) is 2. The zero-order valence-electron chi connectivity index (χ0n) is 12.6. The van der Waals surface area contributed by atoms with Crippen LogP contribution >= 0.6 is 0 Å². The van der Waals surface area contributed by atoms with Gasteiger partial charge in [-0.1, -0.05) is 18.2 Å². The molecule has 2 rings (SSSR count). The summed E-state index contributed by atoms with van der Waals surface area (Å²) in [7, 11) is -2.18. The Morgan fingerprint density at radius 2 is 1.91 bits per heavy atom. The minimum atomic E-state index is -3.78. The minimum Gasteiger partial charge on any atom is -0.314 e. The van der Waals surface area contributed by atoms with E-state index in [2.05, 4.69) is 14.9 Å². The van der Waals surface area contributed by atoms with E-state index < -0.39 is 10.0 Å². The van der Waals surface area contributed by atoms with Gasteiger partial charge in [-0.3, -0.25) is 9.89 Å². The van der Waals surface area contributed by atoms with E-state index in [1.165, 1.54) is 4.90 Å². The summed E-state index contributed by atoms with van der Waals surface area (Å²) in [4.78, 5) is 13.6. The van der Waals surface area contributed by atoms with Crippen molar-refractivity contribution in [2.45, 2.75) is 18.7 Å². The molecular weight excluding hydrogens is 304 g/mol. The maximum Gasteiger partial charge on any atom is 0.244 e. The highest BCUT2D eigenvalue weighted by Gasteiger charge is 2.23. The fraction of sp³-hybridized carbons (Fsp3) is 0.286. The van der Waals surface area contributed by atoms with Gasteiger partial charge in [-0.15, -0.1) is 0 Å². The van der Waals surface area contributed by atoms with Crippen molar-refractivity contribution in [2.75, 3.05) is 18.5 Å². The fourth-order valence-electron chi connectivity index (χ4n) is 2.08. The molecule has 2 N–H and O–H groups in total. The molecule has 8 heteroatoms. The summed E-state index contributed by atoms with van der Waals surface area (Å²) < 4.78 is 26.8. The third-order valence-corrected chi connectivity index (χ3v) is 4.92. The summed E-state index contributed by atoms with van der Waals surface area (Å²) in [5.41, 5.74) is 1.50. The van der Waals surface area contributed by atoms with Crippen LogP contribution in [0.1, 0.15) is 11.4 Å². The number of H-pyrrole nitrogens is 1. The second-order valence-electron chi connectivity index (χ2n) is 4.88. The summed E-state index contributed by atoms with van der Waals surface area (Å²) in [6.45, 7) is 2.89. The largest absolute Gasteiger partial charge is 0.314 e. The number of hydrogen-bond donors (Lipinski definition) is 2. The van der Waals surface area contributed by atoms with Crippen molar-refractivity contribution in [1.29, 1.82) is 0 Å². The molecule has 0 saturated carbocycles. The Kier molecular flexibility index (Phi) is 4.62. The van der Waals surface area contributed by atoms with Crippen LogP contribution in [0.25, 0.3) is 0 Å². The summed E-state index contributed by atoms with van der Waals surface area (Å²) in [6, 6.07) is 9.01. The van der Waals surface area contributed by atoms with Gasteiger partial charge < -0.3 is 4.90 Å². The predicted octanol–water partition coefficient (Wildman–Crippen LogP) is 0.968. The lowest BCUT2D eigenvalue weighted by Crippen LogP contribution is -2.38. The Labute approximate surface area is 129 Å². The molecule has 0 atom stereocenters. The molecule has 1 aromatic heterocycles. The van der Waals surface area contributed by atoms with Gasteiger partial charge >= 0.3 is 0 Å². The van der Waals surface area contributed by atoms with Gasteiger partial charge in [0.05, 0.1) is 17.9 Å². The quantitative estimate of drug-likeness (QED) is 0.857. The zero-order valence-corrected chi connectivity index (χ0v) is 13.4. The molecule has 0 spiro atoms.